The lowest BCUT2D eigenvalue weighted by molar-refractivity contribution is -0.127. The van der Waals surface area contributed by atoms with Crippen LogP contribution in [0.2, 0.25) is 0 Å². The van der Waals surface area contributed by atoms with Crippen molar-refractivity contribution in [3.05, 3.63) is 32.9 Å². The Bertz CT molecular complexity index is 553. The van der Waals surface area contributed by atoms with Gasteiger partial charge in [0.25, 0.3) is 0 Å². The number of hydrogen-bond donors (Lipinski definition) is 1. The molecule has 0 aliphatic carbocycles. The highest BCUT2D eigenvalue weighted by Gasteiger charge is 2.10. The maximum atomic E-state index is 11.7. The van der Waals surface area contributed by atoms with E-state index in [9.17, 15) is 4.79 Å². The molecular formula is C15H23BrN4OS. The SMILES string of the molecule is C=C(C)CNC(=NCC(=O)N(C)C)N(C)Cc1ccc(Br)s1. The van der Waals surface area contributed by atoms with Crippen LogP contribution in [-0.2, 0) is 11.3 Å². The minimum Gasteiger partial charge on any atom is -0.353 e. The van der Waals surface area contributed by atoms with Gasteiger partial charge in [0, 0.05) is 32.6 Å². The molecule has 0 fully saturated rings. The fourth-order valence-corrected chi connectivity index (χ4v) is 3.11. The van der Waals surface area contributed by atoms with Crippen molar-refractivity contribution < 1.29 is 4.79 Å². The molecule has 122 valence electrons. The Morgan fingerprint density at radius 3 is 2.59 bits per heavy atom. The zero-order chi connectivity index (χ0) is 16.7. The quantitative estimate of drug-likeness (QED) is 0.464. The molecule has 0 spiro atoms. The molecule has 0 aliphatic heterocycles. The van der Waals surface area contributed by atoms with E-state index in [2.05, 4.69) is 38.9 Å². The minimum atomic E-state index is -0.0260. The summed E-state index contributed by atoms with van der Waals surface area (Å²) >= 11 is 5.15. The molecule has 1 aromatic heterocycles. The summed E-state index contributed by atoms with van der Waals surface area (Å²) in [5, 5.41) is 3.24. The highest BCUT2D eigenvalue weighted by Crippen LogP contribution is 2.22. The number of rotatable bonds is 6. The van der Waals surface area contributed by atoms with Crippen molar-refractivity contribution in [3.8, 4) is 0 Å². The third-order valence-corrected chi connectivity index (χ3v) is 4.40. The van der Waals surface area contributed by atoms with Crippen molar-refractivity contribution >= 4 is 39.1 Å². The normalized spacial score (nSPS) is 11.2. The third-order valence-electron chi connectivity index (χ3n) is 2.79. The number of hydrogen-bond acceptors (Lipinski definition) is 3. The number of nitrogens with zero attached hydrogens (tertiary/aromatic N) is 3. The van der Waals surface area contributed by atoms with E-state index in [1.165, 1.54) is 9.78 Å². The number of halogens is 1. The Hall–Kier alpha value is -1.34. The maximum Gasteiger partial charge on any atom is 0.243 e. The van der Waals surface area contributed by atoms with Gasteiger partial charge in [-0.25, -0.2) is 4.99 Å². The van der Waals surface area contributed by atoms with Gasteiger partial charge in [-0.15, -0.1) is 11.3 Å². The lowest BCUT2D eigenvalue weighted by Gasteiger charge is -2.22. The Labute approximate surface area is 144 Å². The van der Waals surface area contributed by atoms with Crippen LogP contribution < -0.4 is 5.32 Å². The van der Waals surface area contributed by atoms with Crippen LogP contribution in [0.25, 0.3) is 0 Å². The zero-order valence-electron chi connectivity index (χ0n) is 13.5. The van der Waals surface area contributed by atoms with Gasteiger partial charge in [0.15, 0.2) is 5.96 Å². The summed E-state index contributed by atoms with van der Waals surface area (Å²) in [5.74, 6) is 0.671. The van der Waals surface area contributed by atoms with Crippen molar-refractivity contribution in [2.75, 3.05) is 34.2 Å². The van der Waals surface area contributed by atoms with Crippen LogP contribution in [0.15, 0.2) is 33.1 Å². The fraction of sp³-hybridized carbons (Fsp3) is 0.467. The van der Waals surface area contributed by atoms with E-state index in [1.54, 1.807) is 25.4 Å². The lowest BCUT2D eigenvalue weighted by atomic mass is 10.3. The van der Waals surface area contributed by atoms with Crippen molar-refractivity contribution in [3.63, 3.8) is 0 Å². The first-order chi connectivity index (χ1) is 10.3. The summed E-state index contributed by atoms with van der Waals surface area (Å²) in [5.41, 5.74) is 1.01. The van der Waals surface area contributed by atoms with Crippen molar-refractivity contribution in [2.45, 2.75) is 13.5 Å². The molecule has 1 heterocycles. The number of aliphatic imine (C=N–C) groups is 1. The standard InChI is InChI=1S/C15H23BrN4OS/c1-11(2)8-17-15(18-9-14(21)19(3)4)20(5)10-12-6-7-13(16)22-12/h6-7H,1,8-10H2,2-5H3,(H,17,18). The van der Waals surface area contributed by atoms with Crippen molar-refractivity contribution in [1.82, 2.24) is 15.1 Å². The molecule has 0 saturated carbocycles. The molecular weight excluding hydrogens is 364 g/mol. The number of nitrogens with one attached hydrogen (secondary N) is 1. The fourth-order valence-electron chi connectivity index (χ4n) is 1.57. The smallest absolute Gasteiger partial charge is 0.243 e. The molecule has 0 aromatic carbocycles. The van der Waals surface area contributed by atoms with Crippen molar-refractivity contribution in [2.24, 2.45) is 4.99 Å². The second-order valence-corrected chi connectivity index (χ2v) is 7.85. The largest absolute Gasteiger partial charge is 0.353 e. The molecule has 22 heavy (non-hydrogen) atoms. The number of amides is 1. The van der Waals surface area contributed by atoms with E-state index in [4.69, 9.17) is 0 Å². The molecule has 7 heteroatoms. The minimum absolute atomic E-state index is 0.0260. The predicted molar refractivity (Wildman–Crippen MR) is 97.3 cm³/mol. The van der Waals surface area contributed by atoms with E-state index in [-0.39, 0.29) is 12.5 Å². The van der Waals surface area contributed by atoms with Gasteiger partial charge in [0.05, 0.1) is 10.3 Å². The average Bonchev–Trinajstić information content (AvgIpc) is 2.83. The summed E-state index contributed by atoms with van der Waals surface area (Å²) in [6.07, 6.45) is 0. The van der Waals surface area contributed by atoms with E-state index in [0.717, 1.165) is 15.9 Å². The Morgan fingerprint density at radius 1 is 1.41 bits per heavy atom. The Balaban J connectivity index is 2.76. The van der Waals surface area contributed by atoms with Crippen LogP contribution >= 0.6 is 27.3 Å². The van der Waals surface area contributed by atoms with Gasteiger partial charge in [-0.05, 0) is 35.0 Å². The second kappa shape index (κ2) is 8.95. The highest BCUT2D eigenvalue weighted by atomic mass is 79.9. The molecule has 1 amide bonds. The number of carbonyl (C=O) groups excluding carboxylic acids is 1. The Morgan fingerprint density at radius 2 is 2.09 bits per heavy atom. The van der Waals surface area contributed by atoms with E-state index in [0.29, 0.717) is 12.5 Å². The summed E-state index contributed by atoms with van der Waals surface area (Å²) in [4.78, 5) is 20.9. The van der Waals surface area contributed by atoms with Gasteiger partial charge < -0.3 is 15.1 Å². The summed E-state index contributed by atoms with van der Waals surface area (Å²) in [6, 6.07) is 4.11. The summed E-state index contributed by atoms with van der Waals surface area (Å²) in [7, 11) is 5.41. The van der Waals surface area contributed by atoms with Crippen LogP contribution in [0.4, 0.5) is 0 Å². The molecule has 1 rings (SSSR count). The van der Waals surface area contributed by atoms with Gasteiger partial charge in [-0.1, -0.05) is 12.2 Å². The van der Waals surface area contributed by atoms with Gasteiger partial charge in [0.2, 0.25) is 5.91 Å². The van der Waals surface area contributed by atoms with Gasteiger partial charge >= 0.3 is 0 Å². The zero-order valence-corrected chi connectivity index (χ0v) is 15.9. The lowest BCUT2D eigenvalue weighted by Crippen LogP contribution is -2.40. The number of likely N-dealkylation sites (N-methyl/N-ethyl adjacent to an activating group) is 1. The monoisotopic (exact) mass is 386 g/mol. The van der Waals surface area contributed by atoms with Crippen LogP contribution in [-0.4, -0.2) is 55.9 Å². The van der Waals surface area contributed by atoms with E-state index in [1.807, 2.05) is 24.9 Å². The molecule has 0 unspecified atom stereocenters. The third kappa shape index (κ3) is 6.62. The second-order valence-electron chi connectivity index (χ2n) is 5.30. The molecule has 1 aromatic rings. The van der Waals surface area contributed by atoms with Crippen LogP contribution in [0.1, 0.15) is 11.8 Å². The molecule has 0 aliphatic rings. The molecule has 0 radical (unpaired) electrons. The van der Waals surface area contributed by atoms with E-state index >= 15 is 0 Å². The molecule has 0 bridgehead atoms. The molecule has 1 N–H and O–H groups in total. The summed E-state index contributed by atoms with van der Waals surface area (Å²) < 4.78 is 1.10. The molecule has 0 atom stereocenters. The van der Waals surface area contributed by atoms with Crippen LogP contribution in [0.3, 0.4) is 0 Å². The molecule has 5 nitrogen and oxygen atoms in total. The van der Waals surface area contributed by atoms with Gasteiger partial charge in [-0.2, -0.15) is 0 Å². The number of guanidine groups is 1. The summed E-state index contributed by atoms with van der Waals surface area (Å²) in [6.45, 7) is 7.32. The highest BCUT2D eigenvalue weighted by molar-refractivity contribution is 9.11. The predicted octanol–water partition coefficient (Wildman–Crippen LogP) is 2.55. The number of carbonyl (C=O) groups is 1. The number of thiophene rings is 1. The first kappa shape index (κ1) is 18.7. The van der Waals surface area contributed by atoms with Gasteiger partial charge in [-0.3, -0.25) is 4.79 Å². The van der Waals surface area contributed by atoms with Crippen LogP contribution in [0, 0.1) is 0 Å². The van der Waals surface area contributed by atoms with E-state index < -0.39 is 0 Å². The first-order valence-corrected chi connectivity index (χ1v) is 8.48. The maximum absolute atomic E-state index is 11.7. The van der Waals surface area contributed by atoms with Gasteiger partial charge in [0.1, 0.15) is 6.54 Å². The topological polar surface area (TPSA) is 47.9 Å². The van der Waals surface area contributed by atoms with Crippen LogP contribution in [0.5, 0.6) is 0 Å². The van der Waals surface area contributed by atoms with Crippen molar-refractivity contribution in [1.29, 1.82) is 0 Å². The Kier molecular flexibility index (Phi) is 7.61. The first-order valence-electron chi connectivity index (χ1n) is 6.87. The molecule has 0 saturated heterocycles. The average molecular weight is 387 g/mol.